The van der Waals surface area contributed by atoms with Gasteiger partial charge in [0.05, 0.1) is 4.92 Å². The van der Waals surface area contributed by atoms with Crippen LogP contribution < -0.4 is 0 Å². The van der Waals surface area contributed by atoms with Gasteiger partial charge >= 0.3 is 5.69 Å². The van der Waals surface area contributed by atoms with E-state index in [9.17, 15) is 10.1 Å². The molecule has 7 nitrogen and oxygen atoms in total. The van der Waals surface area contributed by atoms with E-state index in [0.29, 0.717) is 12.2 Å². The summed E-state index contributed by atoms with van der Waals surface area (Å²) < 4.78 is 1.50. The fourth-order valence-electron chi connectivity index (χ4n) is 2.00. The van der Waals surface area contributed by atoms with Crippen molar-refractivity contribution in [3.05, 3.63) is 22.0 Å². The van der Waals surface area contributed by atoms with E-state index >= 15 is 0 Å². The zero-order chi connectivity index (χ0) is 12.4. The van der Waals surface area contributed by atoms with Gasteiger partial charge in [0.2, 0.25) is 0 Å². The largest absolute Gasteiger partial charge is 0.311 e. The summed E-state index contributed by atoms with van der Waals surface area (Å²) in [4.78, 5) is 14.9. The normalized spacial score (nSPS) is 18.5. The first-order chi connectivity index (χ1) is 8.06. The van der Waals surface area contributed by atoms with Crippen LogP contribution in [0, 0.1) is 10.1 Å². The molecular formula is C10H17N5O2. The fraction of sp³-hybridized carbons (Fsp3) is 0.700. The topological polar surface area (TPSA) is 67.4 Å². The number of hydrogen-bond acceptors (Lipinski definition) is 5. The van der Waals surface area contributed by atoms with Crippen molar-refractivity contribution < 1.29 is 4.92 Å². The number of likely N-dealkylation sites (N-methyl/N-ethyl adjacent to an activating group) is 1. The van der Waals surface area contributed by atoms with Crippen LogP contribution in [-0.2, 0) is 13.6 Å². The second kappa shape index (κ2) is 4.80. The van der Waals surface area contributed by atoms with E-state index < -0.39 is 0 Å². The van der Waals surface area contributed by atoms with E-state index in [2.05, 4.69) is 21.9 Å². The summed E-state index contributed by atoms with van der Waals surface area (Å²) in [5.41, 5.74) is 0.675. The predicted molar refractivity (Wildman–Crippen MR) is 62.6 cm³/mol. The van der Waals surface area contributed by atoms with Gasteiger partial charge in [0.1, 0.15) is 6.20 Å². The Morgan fingerprint density at radius 1 is 1.35 bits per heavy atom. The maximum Gasteiger partial charge on any atom is 0.311 e. The molecule has 0 N–H and O–H groups in total. The van der Waals surface area contributed by atoms with E-state index in [4.69, 9.17) is 0 Å². The second-order valence-corrected chi connectivity index (χ2v) is 4.47. The van der Waals surface area contributed by atoms with Crippen LogP contribution in [0.5, 0.6) is 0 Å². The van der Waals surface area contributed by atoms with Crippen LogP contribution in [0.1, 0.15) is 5.69 Å². The highest BCUT2D eigenvalue weighted by molar-refractivity contribution is 5.32. The van der Waals surface area contributed by atoms with Crippen molar-refractivity contribution in [2.45, 2.75) is 6.54 Å². The van der Waals surface area contributed by atoms with E-state index in [0.717, 1.165) is 26.2 Å². The molecule has 94 valence electrons. The lowest BCUT2D eigenvalue weighted by Crippen LogP contribution is -2.44. The highest BCUT2D eigenvalue weighted by Crippen LogP contribution is 2.18. The summed E-state index contributed by atoms with van der Waals surface area (Å²) >= 11 is 0. The molecular weight excluding hydrogens is 222 g/mol. The molecule has 0 spiro atoms. The van der Waals surface area contributed by atoms with Crippen LogP contribution in [0.25, 0.3) is 0 Å². The Morgan fingerprint density at radius 3 is 2.59 bits per heavy atom. The number of piperazine rings is 1. The molecule has 17 heavy (non-hydrogen) atoms. The number of aryl methyl sites for hydroxylation is 1. The first-order valence-electron chi connectivity index (χ1n) is 5.64. The van der Waals surface area contributed by atoms with E-state index in [-0.39, 0.29) is 10.6 Å². The third-order valence-electron chi connectivity index (χ3n) is 3.05. The van der Waals surface area contributed by atoms with Gasteiger partial charge in [-0.05, 0) is 7.05 Å². The molecule has 0 unspecified atom stereocenters. The molecule has 1 aromatic heterocycles. The Kier molecular flexibility index (Phi) is 3.39. The Balaban J connectivity index is 2.05. The summed E-state index contributed by atoms with van der Waals surface area (Å²) in [5, 5.41) is 15.0. The zero-order valence-electron chi connectivity index (χ0n) is 10.2. The maximum absolute atomic E-state index is 10.9. The summed E-state index contributed by atoms with van der Waals surface area (Å²) in [6.07, 6.45) is 1.46. The molecule has 0 aromatic carbocycles. The van der Waals surface area contributed by atoms with Crippen molar-refractivity contribution in [2.24, 2.45) is 7.05 Å². The third-order valence-corrected chi connectivity index (χ3v) is 3.05. The molecule has 1 aliphatic rings. The van der Waals surface area contributed by atoms with Crippen LogP contribution in [0.15, 0.2) is 6.20 Å². The third kappa shape index (κ3) is 2.80. The maximum atomic E-state index is 10.9. The van der Waals surface area contributed by atoms with Crippen molar-refractivity contribution in [3.8, 4) is 0 Å². The monoisotopic (exact) mass is 239 g/mol. The van der Waals surface area contributed by atoms with E-state index in [1.165, 1.54) is 10.9 Å². The highest BCUT2D eigenvalue weighted by Gasteiger charge is 2.22. The van der Waals surface area contributed by atoms with Crippen molar-refractivity contribution >= 4 is 5.69 Å². The lowest BCUT2D eigenvalue weighted by Gasteiger charge is -2.31. The molecule has 2 heterocycles. The van der Waals surface area contributed by atoms with E-state index in [1.807, 2.05) is 0 Å². The SMILES string of the molecule is CN1CCN(Cc2nn(C)cc2[N+](=O)[O-])CC1. The minimum Gasteiger partial charge on any atom is -0.304 e. The Bertz CT molecular complexity index is 409. The van der Waals surface area contributed by atoms with Gasteiger partial charge in [0, 0.05) is 39.8 Å². The average molecular weight is 239 g/mol. The number of rotatable bonds is 3. The molecule has 0 radical (unpaired) electrons. The summed E-state index contributed by atoms with van der Waals surface area (Å²) in [6, 6.07) is 0. The van der Waals surface area contributed by atoms with Gasteiger partial charge in [0.25, 0.3) is 0 Å². The van der Waals surface area contributed by atoms with Gasteiger partial charge in [0.15, 0.2) is 5.69 Å². The van der Waals surface area contributed by atoms with Crippen molar-refractivity contribution in [1.29, 1.82) is 0 Å². The summed E-state index contributed by atoms with van der Waals surface area (Å²) in [6.45, 7) is 4.43. The summed E-state index contributed by atoms with van der Waals surface area (Å²) in [5.74, 6) is 0. The van der Waals surface area contributed by atoms with Crippen molar-refractivity contribution in [1.82, 2.24) is 19.6 Å². The van der Waals surface area contributed by atoms with Crippen LogP contribution in [0.3, 0.4) is 0 Å². The van der Waals surface area contributed by atoms with Crippen LogP contribution in [0.2, 0.25) is 0 Å². The number of nitrogens with zero attached hydrogens (tertiary/aromatic N) is 5. The van der Waals surface area contributed by atoms with Gasteiger partial charge in [-0.25, -0.2) is 0 Å². The average Bonchev–Trinajstić information content (AvgIpc) is 2.63. The minimum absolute atomic E-state index is 0.117. The molecule has 0 bridgehead atoms. The van der Waals surface area contributed by atoms with Crippen LogP contribution in [-0.4, -0.2) is 57.7 Å². The van der Waals surface area contributed by atoms with Gasteiger partial charge in [-0.1, -0.05) is 0 Å². The molecule has 0 amide bonds. The molecule has 1 aromatic rings. The lowest BCUT2D eigenvalue weighted by atomic mass is 10.3. The highest BCUT2D eigenvalue weighted by atomic mass is 16.6. The van der Waals surface area contributed by atoms with Crippen molar-refractivity contribution in [3.63, 3.8) is 0 Å². The molecule has 0 atom stereocenters. The molecule has 1 aliphatic heterocycles. The predicted octanol–water partition coefficient (Wildman–Crippen LogP) is 0.0757. The number of hydrogen-bond donors (Lipinski definition) is 0. The molecule has 1 fully saturated rings. The Hall–Kier alpha value is -1.47. The zero-order valence-corrected chi connectivity index (χ0v) is 10.2. The Morgan fingerprint density at radius 2 is 2.00 bits per heavy atom. The van der Waals surface area contributed by atoms with E-state index in [1.54, 1.807) is 7.05 Å². The fourth-order valence-corrected chi connectivity index (χ4v) is 2.00. The summed E-state index contributed by atoms with van der Waals surface area (Å²) in [7, 11) is 3.79. The second-order valence-electron chi connectivity index (χ2n) is 4.47. The quantitative estimate of drug-likeness (QED) is 0.552. The van der Waals surface area contributed by atoms with Crippen LogP contribution >= 0.6 is 0 Å². The lowest BCUT2D eigenvalue weighted by molar-refractivity contribution is -0.385. The van der Waals surface area contributed by atoms with Crippen LogP contribution in [0.4, 0.5) is 5.69 Å². The molecule has 2 rings (SSSR count). The van der Waals surface area contributed by atoms with Gasteiger partial charge in [-0.15, -0.1) is 0 Å². The molecule has 1 saturated heterocycles. The molecule has 0 aliphatic carbocycles. The molecule has 7 heteroatoms. The van der Waals surface area contributed by atoms with Gasteiger partial charge in [-0.3, -0.25) is 19.7 Å². The first-order valence-corrected chi connectivity index (χ1v) is 5.64. The minimum atomic E-state index is -0.363. The standard InChI is InChI=1S/C10H17N5O2/c1-12-3-5-14(6-4-12)7-9-10(15(16)17)8-13(2)11-9/h8H,3-7H2,1-2H3. The number of aromatic nitrogens is 2. The van der Waals surface area contributed by atoms with Gasteiger partial charge < -0.3 is 4.90 Å². The van der Waals surface area contributed by atoms with Gasteiger partial charge in [-0.2, -0.15) is 5.10 Å². The number of nitro groups is 1. The smallest absolute Gasteiger partial charge is 0.304 e. The Labute approximate surface area is 99.8 Å². The van der Waals surface area contributed by atoms with Crippen molar-refractivity contribution in [2.75, 3.05) is 33.2 Å². The first kappa shape index (κ1) is 12.0. The molecule has 0 saturated carbocycles.